The number of ketones is 1. The van der Waals surface area contributed by atoms with Crippen LogP contribution in [0, 0.1) is 0 Å². The number of sulfonamides is 1. The minimum Gasteiger partial charge on any atom is -0.454 e. The molecule has 1 N–H and O–H groups in total. The Morgan fingerprint density at radius 2 is 1.81 bits per heavy atom. The lowest BCUT2D eigenvalue weighted by molar-refractivity contribution is -0.120. The first-order valence-corrected chi connectivity index (χ1v) is 13.3. The van der Waals surface area contributed by atoms with E-state index in [1.54, 1.807) is 19.1 Å². The van der Waals surface area contributed by atoms with Crippen molar-refractivity contribution in [1.82, 2.24) is 9.29 Å². The number of aromatic nitrogens is 1. The Hall–Kier alpha value is -3.27. The summed E-state index contributed by atoms with van der Waals surface area (Å²) in [5.41, 5.74) is 2.52. The molecule has 0 saturated heterocycles. The van der Waals surface area contributed by atoms with Crippen molar-refractivity contribution in [3.63, 3.8) is 0 Å². The number of nitrogens with zero attached hydrogens (tertiary/aromatic N) is 2. The predicted molar refractivity (Wildman–Crippen MR) is 133 cm³/mol. The number of benzene rings is 2. The quantitative estimate of drug-likeness (QED) is 0.473. The Labute approximate surface area is 210 Å². The van der Waals surface area contributed by atoms with Gasteiger partial charge < -0.3 is 14.6 Å². The van der Waals surface area contributed by atoms with E-state index in [9.17, 15) is 18.3 Å². The van der Waals surface area contributed by atoms with Crippen molar-refractivity contribution in [3.05, 3.63) is 71.9 Å². The van der Waals surface area contributed by atoms with Crippen LogP contribution >= 0.6 is 0 Å². The lowest BCUT2D eigenvalue weighted by Gasteiger charge is -2.22. The summed E-state index contributed by atoms with van der Waals surface area (Å²) in [6, 6.07) is 17.2. The Bertz CT molecular complexity index is 1400. The third kappa shape index (κ3) is 4.38. The number of fused-ring (bicyclic) bond motifs is 1. The molecule has 1 fully saturated rings. The van der Waals surface area contributed by atoms with Crippen molar-refractivity contribution < 1.29 is 27.8 Å². The van der Waals surface area contributed by atoms with Crippen LogP contribution in [-0.2, 0) is 26.7 Å². The van der Waals surface area contributed by atoms with Gasteiger partial charge in [-0.15, -0.1) is 0 Å². The molecule has 188 valence electrons. The first kappa shape index (κ1) is 24.4. The Morgan fingerprint density at radius 3 is 2.50 bits per heavy atom. The lowest BCUT2D eigenvalue weighted by atomic mass is 9.88. The third-order valence-corrected chi connectivity index (χ3v) is 9.06. The molecule has 0 amide bonds. The summed E-state index contributed by atoms with van der Waals surface area (Å²) in [5.74, 6) is 1.49. The Balaban J connectivity index is 1.33. The number of pyridine rings is 1. The van der Waals surface area contributed by atoms with E-state index in [1.165, 1.54) is 19.2 Å². The molecule has 1 atom stereocenters. The number of ether oxygens (including phenoxy) is 2. The molecule has 5 rings (SSSR count). The van der Waals surface area contributed by atoms with Crippen molar-refractivity contribution in [2.24, 2.45) is 0 Å². The zero-order chi connectivity index (χ0) is 25.5. The van der Waals surface area contributed by atoms with Crippen LogP contribution in [0.25, 0.3) is 11.3 Å². The molecular formula is C27H28N2O6S. The second-order valence-electron chi connectivity index (χ2n) is 9.34. The lowest BCUT2D eigenvalue weighted by Crippen LogP contribution is -2.37. The monoisotopic (exact) mass is 508 g/mol. The van der Waals surface area contributed by atoms with E-state index in [4.69, 9.17) is 9.47 Å². The van der Waals surface area contributed by atoms with E-state index in [-0.39, 0.29) is 30.5 Å². The molecule has 2 aromatic carbocycles. The standard InChI is InChI=1S/C27H28N2O6S/c1-18(16-30)29(2)36(32,33)22-9-6-19(7-10-22)23-5-3-4-21(28-23)15-26(31)27(12-13-27)20-8-11-24-25(14-20)35-17-34-24/h3-11,14,18,30H,12-13,15-17H2,1-2H3/t18-/m1/s1. The first-order chi connectivity index (χ1) is 17.2. The van der Waals surface area contributed by atoms with Gasteiger partial charge in [0.1, 0.15) is 5.78 Å². The van der Waals surface area contributed by atoms with Gasteiger partial charge in [0.05, 0.1) is 22.6 Å². The molecule has 3 aromatic rings. The van der Waals surface area contributed by atoms with Crippen LogP contribution in [0.1, 0.15) is 31.0 Å². The smallest absolute Gasteiger partial charge is 0.243 e. The highest BCUT2D eigenvalue weighted by Gasteiger charge is 2.51. The second kappa shape index (κ2) is 9.31. The number of Topliss-reactive ketones (excluding diaryl/α,β-unsaturated/α-hetero) is 1. The highest BCUT2D eigenvalue weighted by atomic mass is 32.2. The van der Waals surface area contributed by atoms with Gasteiger partial charge in [-0.1, -0.05) is 24.3 Å². The van der Waals surface area contributed by atoms with Crippen LogP contribution in [0.5, 0.6) is 11.5 Å². The predicted octanol–water partition coefficient (Wildman–Crippen LogP) is 3.32. The molecule has 2 heterocycles. The number of rotatable bonds is 9. The fourth-order valence-corrected chi connectivity index (χ4v) is 5.79. The molecule has 0 spiro atoms. The topological polar surface area (TPSA) is 106 Å². The number of aliphatic hydroxyl groups is 1. The van der Waals surface area contributed by atoms with Gasteiger partial charge in [-0.05, 0) is 61.7 Å². The van der Waals surface area contributed by atoms with Gasteiger partial charge in [0, 0.05) is 30.8 Å². The SMILES string of the molecule is C[C@H](CO)N(C)S(=O)(=O)c1ccc(-c2cccc(CC(=O)C3(c4ccc5c(c4)OCO5)CC3)n2)cc1. The zero-order valence-electron chi connectivity index (χ0n) is 20.2. The fourth-order valence-electron chi connectivity index (χ4n) is 4.44. The number of likely N-dealkylation sites (N-methyl/N-ethyl adjacent to an activating group) is 1. The van der Waals surface area contributed by atoms with Crippen LogP contribution < -0.4 is 9.47 Å². The van der Waals surface area contributed by atoms with Crippen molar-refractivity contribution in [2.45, 2.75) is 42.5 Å². The maximum absolute atomic E-state index is 13.3. The normalized spacial score (nSPS) is 16.7. The average molecular weight is 509 g/mol. The van der Waals surface area contributed by atoms with Crippen LogP contribution in [0.3, 0.4) is 0 Å². The maximum Gasteiger partial charge on any atom is 0.243 e. The molecule has 1 aromatic heterocycles. The molecule has 1 aliphatic heterocycles. The molecule has 8 nitrogen and oxygen atoms in total. The van der Waals surface area contributed by atoms with Crippen LogP contribution in [-0.4, -0.2) is 55.1 Å². The van der Waals surface area contributed by atoms with Gasteiger partial charge in [-0.2, -0.15) is 4.31 Å². The molecule has 9 heteroatoms. The minimum absolute atomic E-state index is 0.119. The van der Waals surface area contributed by atoms with Crippen LogP contribution in [0.2, 0.25) is 0 Å². The summed E-state index contributed by atoms with van der Waals surface area (Å²) < 4.78 is 37.6. The van der Waals surface area contributed by atoms with E-state index in [1.807, 2.05) is 36.4 Å². The van der Waals surface area contributed by atoms with Gasteiger partial charge in [-0.25, -0.2) is 8.42 Å². The van der Waals surface area contributed by atoms with Gasteiger partial charge >= 0.3 is 0 Å². The summed E-state index contributed by atoms with van der Waals surface area (Å²) in [6.45, 7) is 1.57. The van der Waals surface area contributed by atoms with Crippen molar-refractivity contribution in [3.8, 4) is 22.8 Å². The Kier molecular flexibility index (Phi) is 6.32. The molecule has 1 aliphatic carbocycles. The third-order valence-electron chi connectivity index (χ3n) is 7.07. The van der Waals surface area contributed by atoms with Crippen LogP contribution in [0.15, 0.2) is 65.6 Å². The average Bonchev–Trinajstić information content (AvgIpc) is 3.58. The number of aliphatic hydroxyl groups excluding tert-OH is 1. The molecule has 0 radical (unpaired) electrons. The van der Waals surface area contributed by atoms with Gasteiger partial charge in [-0.3, -0.25) is 9.78 Å². The van der Waals surface area contributed by atoms with E-state index in [2.05, 4.69) is 4.98 Å². The minimum atomic E-state index is -3.72. The summed E-state index contributed by atoms with van der Waals surface area (Å²) in [5, 5.41) is 9.30. The number of carbonyl (C=O) groups excluding carboxylic acids is 1. The second-order valence-corrected chi connectivity index (χ2v) is 11.3. The van der Waals surface area contributed by atoms with Gasteiger partial charge in [0.15, 0.2) is 11.5 Å². The highest BCUT2D eigenvalue weighted by Crippen LogP contribution is 2.51. The van der Waals surface area contributed by atoms with Crippen molar-refractivity contribution in [1.29, 1.82) is 0 Å². The summed E-state index contributed by atoms with van der Waals surface area (Å²) in [6.07, 6.45) is 1.80. The largest absolute Gasteiger partial charge is 0.454 e. The number of carbonyl (C=O) groups is 1. The molecule has 36 heavy (non-hydrogen) atoms. The number of hydrogen-bond donors (Lipinski definition) is 1. The molecular weight excluding hydrogens is 480 g/mol. The van der Waals surface area contributed by atoms with Gasteiger partial charge in [0.25, 0.3) is 0 Å². The van der Waals surface area contributed by atoms with Gasteiger partial charge in [0.2, 0.25) is 16.8 Å². The Morgan fingerprint density at radius 1 is 1.08 bits per heavy atom. The van der Waals surface area contributed by atoms with Crippen LogP contribution in [0.4, 0.5) is 0 Å². The first-order valence-electron chi connectivity index (χ1n) is 11.8. The summed E-state index contributed by atoms with van der Waals surface area (Å²) in [7, 11) is -2.27. The highest BCUT2D eigenvalue weighted by molar-refractivity contribution is 7.89. The van der Waals surface area contributed by atoms with Crippen molar-refractivity contribution in [2.75, 3.05) is 20.4 Å². The van der Waals surface area contributed by atoms with E-state index in [0.29, 0.717) is 22.9 Å². The number of hydrogen-bond acceptors (Lipinski definition) is 7. The fraction of sp³-hybridized carbons (Fsp3) is 0.333. The van der Waals surface area contributed by atoms with E-state index in [0.717, 1.165) is 28.3 Å². The zero-order valence-corrected chi connectivity index (χ0v) is 21.0. The summed E-state index contributed by atoms with van der Waals surface area (Å²) in [4.78, 5) is 18.2. The molecule has 2 aliphatic rings. The van der Waals surface area contributed by atoms with Crippen molar-refractivity contribution >= 4 is 15.8 Å². The molecule has 1 saturated carbocycles. The molecule has 0 bridgehead atoms. The van der Waals surface area contributed by atoms with E-state index < -0.39 is 21.5 Å². The summed E-state index contributed by atoms with van der Waals surface area (Å²) >= 11 is 0. The maximum atomic E-state index is 13.3. The van der Waals surface area contributed by atoms with E-state index >= 15 is 0 Å². The molecule has 0 unspecified atom stereocenters.